The molecule has 1 heteroatoms. The Bertz CT molecular complexity index is 628. The summed E-state index contributed by atoms with van der Waals surface area (Å²) < 4.78 is 0. The van der Waals surface area contributed by atoms with Crippen LogP contribution in [0.25, 0.3) is 0 Å². The number of rotatable bonds is 8. The zero-order valence-electron chi connectivity index (χ0n) is 14.9. The molecule has 0 aliphatic rings. The van der Waals surface area contributed by atoms with Gasteiger partial charge in [-0.05, 0) is 53.1 Å². The Balaban J connectivity index is 2.45. The van der Waals surface area contributed by atoms with Crippen molar-refractivity contribution in [3.05, 3.63) is 64.2 Å². The molecule has 0 aliphatic carbocycles. The molecular formula is C22H30O. The van der Waals surface area contributed by atoms with E-state index >= 15 is 0 Å². The summed E-state index contributed by atoms with van der Waals surface area (Å²) in [6.45, 7) is 6.78. The first-order valence-electron chi connectivity index (χ1n) is 9.10. The molecule has 0 unspecified atom stereocenters. The fourth-order valence-electron chi connectivity index (χ4n) is 3.45. The van der Waals surface area contributed by atoms with Gasteiger partial charge in [0.05, 0.1) is 0 Å². The number of phenolic OH excluding ortho intramolecular Hbond substituents is 1. The van der Waals surface area contributed by atoms with Crippen molar-refractivity contribution in [1.82, 2.24) is 0 Å². The maximum absolute atomic E-state index is 10.1. The Labute approximate surface area is 141 Å². The van der Waals surface area contributed by atoms with Crippen molar-refractivity contribution >= 4 is 0 Å². The van der Waals surface area contributed by atoms with E-state index in [9.17, 15) is 5.11 Å². The van der Waals surface area contributed by atoms with Crippen LogP contribution in [0, 0.1) is 0 Å². The smallest absolute Gasteiger partial charge is 0.119 e. The normalized spacial score (nSPS) is 10.9. The maximum Gasteiger partial charge on any atom is 0.119 e. The average molecular weight is 310 g/mol. The van der Waals surface area contributed by atoms with Crippen LogP contribution in [0.15, 0.2) is 36.4 Å². The summed E-state index contributed by atoms with van der Waals surface area (Å²) in [4.78, 5) is 0. The van der Waals surface area contributed by atoms with Gasteiger partial charge in [-0.15, -0.1) is 0 Å². The lowest BCUT2D eigenvalue weighted by atomic mass is 9.86. The number of hydrogen-bond donors (Lipinski definition) is 1. The van der Waals surface area contributed by atoms with Gasteiger partial charge in [0, 0.05) is 6.42 Å². The topological polar surface area (TPSA) is 20.2 Å². The first kappa shape index (κ1) is 17.6. The summed E-state index contributed by atoms with van der Waals surface area (Å²) in [6.07, 6.45) is 7.85. The number of phenols is 1. The summed E-state index contributed by atoms with van der Waals surface area (Å²) in [7, 11) is 0. The van der Waals surface area contributed by atoms with Crippen molar-refractivity contribution in [3.8, 4) is 5.75 Å². The van der Waals surface area contributed by atoms with Crippen molar-refractivity contribution in [2.24, 2.45) is 0 Å². The molecule has 0 saturated heterocycles. The third kappa shape index (κ3) is 4.37. The van der Waals surface area contributed by atoms with Crippen LogP contribution in [0.4, 0.5) is 0 Å². The number of aromatic hydroxyl groups is 1. The number of benzene rings is 2. The highest BCUT2D eigenvalue weighted by Crippen LogP contribution is 2.28. The minimum Gasteiger partial charge on any atom is -0.508 e. The Kier molecular flexibility index (Phi) is 6.70. The standard InChI is InChI=1S/C22H30O/c1-4-9-17-14-15-18(16-19-12-7-8-13-22(19)23)21(11-6-3)20(17)10-5-2/h7-8,12-15,23H,4-6,9-11,16H2,1-3H3. The van der Waals surface area contributed by atoms with Crippen molar-refractivity contribution in [1.29, 1.82) is 0 Å². The predicted molar refractivity (Wildman–Crippen MR) is 99.3 cm³/mol. The molecule has 0 spiro atoms. The minimum atomic E-state index is 0.407. The highest BCUT2D eigenvalue weighted by Gasteiger charge is 2.13. The van der Waals surface area contributed by atoms with Gasteiger partial charge in [-0.3, -0.25) is 0 Å². The summed E-state index contributed by atoms with van der Waals surface area (Å²) >= 11 is 0. The van der Waals surface area contributed by atoms with Gasteiger partial charge in [0.15, 0.2) is 0 Å². The molecule has 0 heterocycles. The first-order valence-corrected chi connectivity index (χ1v) is 9.10. The third-order valence-electron chi connectivity index (χ3n) is 4.52. The van der Waals surface area contributed by atoms with Gasteiger partial charge in [-0.25, -0.2) is 0 Å². The lowest BCUT2D eigenvalue weighted by Gasteiger charge is -2.19. The molecule has 23 heavy (non-hydrogen) atoms. The second-order valence-corrected chi connectivity index (χ2v) is 6.40. The van der Waals surface area contributed by atoms with E-state index in [1.807, 2.05) is 18.2 Å². The molecule has 0 aromatic heterocycles. The van der Waals surface area contributed by atoms with E-state index in [-0.39, 0.29) is 0 Å². The summed E-state index contributed by atoms with van der Waals surface area (Å²) in [5.41, 5.74) is 7.04. The molecule has 0 atom stereocenters. The van der Waals surface area contributed by atoms with Gasteiger partial charge in [0.1, 0.15) is 5.75 Å². The molecule has 0 radical (unpaired) electrons. The van der Waals surface area contributed by atoms with Crippen molar-refractivity contribution < 1.29 is 5.11 Å². The second kappa shape index (κ2) is 8.76. The Morgan fingerprint density at radius 1 is 0.652 bits per heavy atom. The summed E-state index contributed by atoms with van der Waals surface area (Å²) in [5, 5.41) is 10.1. The quantitative estimate of drug-likeness (QED) is 0.649. The third-order valence-corrected chi connectivity index (χ3v) is 4.52. The summed E-state index contributed by atoms with van der Waals surface area (Å²) in [5.74, 6) is 0.407. The predicted octanol–water partition coefficient (Wildman–Crippen LogP) is 5.84. The average Bonchev–Trinajstić information content (AvgIpc) is 2.55. The fourth-order valence-corrected chi connectivity index (χ4v) is 3.45. The van der Waals surface area contributed by atoms with Crippen LogP contribution in [0.1, 0.15) is 67.9 Å². The van der Waals surface area contributed by atoms with Crippen LogP contribution in [0.5, 0.6) is 5.75 Å². The molecule has 2 aromatic rings. The molecule has 0 aliphatic heterocycles. The van der Waals surface area contributed by atoms with Crippen LogP contribution in [0.3, 0.4) is 0 Å². The van der Waals surface area contributed by atoms with Gasteiger partial charge in [0.25, 0.3) is 0 Å². The highest BCUT2D eigenvalue weighted by atomic mass is 16.3. The monoisotopic (exact) mass is 310 g/mol. The van der Waals surface area contributed by atoms with E-state index < -0.39 is 0 Å². The number of aryl methyl sites for hydroxylation is 1. The fraction of sp³-hybridized carbons (Fsp3) is 0.455. The first-order chi connectivity index (χ1) is 11.2. The van der Waals surface area contributed by atoms with Gasteiger partial charge < -0.3 is 5.11 Å². The van der Waals surface area contributed by atoms with Crippen LogP contribution in [-0.2, 0) is 25.7 Å². The van der Waals surface area contributed by atoms with E-state index in [1.54, 1.807) is 11.6 Å². The number of hydrogen-bond acceptors (Lipinski definition) is 1. The lowest BCUT2D eigenvalue weighted by Crippen LogP contribution is -2.06. The molecule has 2 rings (SSSR count). The molecule has 0 saturated carbocycles. The molecule has 0 amide bonds. The zero-order valence-corrected chi connectivity index (χ0v) is 14.9. The van der Waals surface area contributed by atoms with Crippen molar-refractivity contribution in [3.63, 3.8) is 0 Å². The Morgan fingerprint density at radius 3 is 1.83 bits per heavy atom. The van der Waals surface area contributed by atoms with Gasteiger partial charge >= 0.3 is 0 Å². The van der Waals surface area contributed by atoms with Crippen molar-refractivity contribution in [2.75, 3.05) is 0 Å². The van der Waals surface area contributed by atoms with Crippen LogP contribution in [0.2, 0.25) is 0 Å². The van der Waals surface area contributed by atoms with E-state index in [4.69, 9.17) is 0 Å². The van der Waals surface area contributed by atoms with Crippen LogP contribution >= 0.6 is 0 Å². The molecule has 0 fully saturated rings. The van der Waals surface area contributed by atoms with E-state index in [0.29, 0.717) is 5.75 Å². The van der Waals surface area contributed by atoms with Gasteiger partial charge in [0.2, 0.25) is 0 Å². The van der Waals surface area contributed by atoms with E-state index in [1.165, 1.54) is 48.8 Å². The largest absolute Gasteiger partial charge is 0.508 e. The maximum atomic E-state index is 10.1. The molecule has 0 bridgehead atoms. The molecule has 1 N–H and O–H groups in total. The Morgan fingerprint density at radius 2 is 1.22 bits per heavy atom. The molecule has 124 valence electrons. The molecule has 1 nitrogen and oxygen atoms in total. The van der Waals surface area contributed by atoms with Crippen molar-refractivity contribution in [2.45, 2.75) is 65.7 Å². The molecule has 2 aromatic carbocycles. The second-order valence-electron chi connectivity index (χ2n) is 6.40. The van der Waals surface area contributed by atoms with Crippen LogP contribution in [-0.4, -0.2) is 5.11 Å². The van der Waals surface area contributed by atoms with Gasteiger partial charge in [-0.2, -0.15) is 0 Å². The highest BCUT2D eigenvalue weighted by molar-refractivity contribution is 5.45. The summed E-state index contributed by atoms with van der Waals surface area (Å²) in [6, 6.07) is 12.3. The van der Waals surface area contributed by atoms with Crippen LogP contribution < -0.4 is 0 Å². The Hall–Kier alpha value is -1.76. The van der Waals surface area contributed by atoms with E-state index in [0.717, 1.165) is 18.4 Å². The minimum absolute atomic E-state index is 0.407. The van der Waals surface area contributed by atoms with Gasteiger partial charge in [-0.1, -0.05) is 70.4 Å². The molecular weight excluding hydrogens is 280 g/mol. The lowest BCUT2D eigenvalue weighted by molar-refractivity contribution is 0.469. The SMILES string of the molecule is CCCc1ccc(Cc2ccccc2O)c(CCC)c1CCC. The number of para-hydroxylation sites is 1. The zero-order chi connectivity index (χ0) is 16.7. The van der Waals surface area contributed by atoms with E-state index in [2.05, 4.69) is 32.9 Å².